The molecule has 0 unspecified atom stereocenters. The van der Waals surface area contributed by atoms with E-state index in [0.717, 1.165) is 33.5 Å². The maximum atomic E-state index is 10.9. The van der Waals surface area contributed by atoms with Gasteiger partial charge in [0.05, 0.1) is 30.1 Å². The van der Waals surface area contributed by atoms with Gasteiger partial charge in [0, 0.05) is 11.9 Å². The molecule has 0 saturated carbocycles. The fourth-order valence-corrected chi connectivity index (χ4v) is 2.63. The zero-order valence-corrected chi connectivity index (χ0v) is 14.7. The van der Waals surface area contributed by atoms with Crippen molar-refractivity contribution in [3.63, 3.8) is 0 Å². The molecular formula is C21H20N2O3. The number of methoxy groups -OCH3 is 1. The van der Waals surface area contributed by atoms with Crippen molar-refractivity contribution in [1.82, 2.24) is 4.98 Å². The van der Waals surface area contributed by atoms with Crippen molar-refractivity contribution >= 4 is 28.6 Å². The molecule has 2 N–H and O–H groups in total. The summed E-state index contributed by atoms with van der Waals surface area (Å²) in [4.78, 5) is 15.3. The second-order valence-electron chi connectivity index (χ2n) is 6.05. The first kappa shape index (κ1) is 17.5. The number of aromatic carboxylic acids is 1. The Morgan fingerprint density at radius 3 is 2.65 bits per heavy atom. The number of fused-ring (bicyclic) bond motifs is 1. The van der Waals surface area contributed by atoms with Crippen LogP contribution in [0.15, 0.2) is 60.3 Å². The molecule has 5 heteroatoms. The highest BCUT2D eigenvalue weighted by Crippen LogP contribution is 2.22. The SMILES string of the molecule is COc1ccc2ncc(NC/C(C)=C/c3ccc(C(=O)O)cc3)cc2c1. The van der Waals surface area contributed by atoms with Crippen molar-refractivity contribution < 1.29 is 14.6 Å². The maximum Gasteiger partial charge on any atom is 0.335 e. The van der Waals surface area contributed by atoms with Crippen LogP contribution in [0.1, 0.15) is 22.8 Å². The Morgan fingerprint density at radius 1 is 1.19 bits per heavy atom. The first-order chi connectivity index (χ1) is 12.5. The van der Waals surface area contributed by atoms with Gasteiger partial charge in [-0.3, -0.25) is 4.98 Å². The first-order valence-corrected chi connectivity index (χ1v) is 8.23. The number of ether oxygens (including phenoxy) is 1. The number of rotatable bonds is 6. The maximum absolute atomic E-state index is 10.9. The molecule has 0 aliphatic heterocycles. The molecule has 3 aromatic rings. The third-order valence-corrected chi connectivity index (χ3v) is 4.03. The molecule has 26 heavy (non-hydrogen) atoms. The van der Waals surface area contributed by atoms with Crippen LogP contribution in [-0.2, 0) is 0 Å². The van der Waals surface area contributed by atoms with Crippen LogP contribution >= 0.6 is 0 Å². The van der Waals surface area contributed by atoms with E-state index in [1.54, 1.807) is 31.4 Å². The van der Waals surface area contributed by atoms with Crippen molar-refractivity contribution in [2.75, 3.05) is 19.0 Å². The topological polar surface area (TPSA) is 71.5 Å². The van der Waals surface area contributed by atoms with Crippen LogP contribution < -0.4 is 10.1 Å². The number of nitrogens with one attached hydrogen (secondary N) is 1. The van der Waals surface area contributed by atoms with Crippen LogP contribution in [0, 0.1) is 0 Å². The Kier molecular flexibility index (Phi) is 5.17. The molecule has 1 heterocycles. The van der Waals surface area contributed by atoms with Crippen LogP contribution in [0.5, 0.6) is 5.75 Å². The van der Waals surface area contributed by atoms with Gasteiger partial charge >= 0.3 is 5.97 Å². The number of carboxylic acids is 1. The van der Waals surface area contributed by atoms with E-state index in [9.17, 15) is 4.79 Å². The van der Waals surface area contributed by atoms with Crippen molar-refractivity contribution in [3.8, 4) is 5.75 Å². The van der Waals surface area contributed by atoms with Gasteiger partial charge in [-0.1, -0.05) is 23.8 Å². The third-order valence-electron chi connectivity index (χ3n) is 4.03. The second-order valence-corrected chi connectivity index (χ2v) is 6.05. The molecule has 132 valence electrons. The van der Waals surface area contributed by atoms with Crippen molar-refractivity contribution in [2.45, 2.75) is 6.92 Å². The van der Waals surface area contributed by atoms with Crippen molar-refractivity contribution in [3.05, 3.63) is 71.4 Å². The number of hydrogen-bond acceptors (Lipinski definition) is 4. The average Bonchev–Trinajstić information content (AvgIpc) is 2.66. The highest BCUT2D eigenvalue weighted by atomic mass is 16.5. The van der Waals surface area contributed by atoms with E-state index in [1.165, 1.54) is 0 Å². The van der Waals surface area contributed by atoms with Gasteiger partial charge in [0.25, 0.3) is 0 Å². The molecule has 3 rings (SSSR count). The molecule has 0 aliphatic rings. The molecule has 5 nitrogen and oxygen atoms in total. The predicted molar refractivity (Wildman–Crippen MR) is 104 cm³/mol. The normalized spacial score (nSPS) is 11.4. The van der Waals surface area contributed by atoms with Crippen molar-refractivity contribution in [2.24, 2.45) is 0 Å². The molecule has 0 atom stereocenters. The highest BCUT2D eigenvalue weighted by Gasteiger charge is 2.02. The summed E-state index contributed by atoms with van der Waals surface area (Å²) in [5, 5.41) is 13.3. The third kappa shape index (κ3) is 4.19. The van der Waals surface area contributed by atoms with Crippen LogP contribution in [0.25, 0.3) is 17.0 Å². The Hall–Kier alpha value is -3.34. The van der Waals surface area contributed by atoms with Gasteiger partial charge in [-0.25, -0.2) is 4.79 Å². The lowest BCUT2D eigenvalue weighted by atomic mass is 10.1. The monoisotopic (exact) mass is 348 g/mol. The fourth-order valence-electron chi connectivity index (χ4n) is 2.63. The van der Waals surface area contributed by atoms with E-state index in [1.807, 2.05) is 43.5 Å². The first-order valence-electron chi connectivity index (χ1n) is 8.23. The van der Waals surface area contributed by atoms with Gasteiger partial charge in [-0.05, 0) is 48.9 Å². The van der Waals surface area contributed by atoms with E-state index in [2.05, 4.69) is 10.3 Å². The largest absolute Gasteiger partial charge is 0.497 e. The number of hydrogen-bond donors (Lipinski definition) is 2. The Balaban J connectivity index is 1.69. The molecule has 0 bridgehead atoms. The number of nitrogens with zero attached hydrogens (tertiary/aromatic N) is 1. The zero-order chi connectivity index (χ0) is 18.5. The van der Waals surface area contributed by atoms with Crippen LogP contribution in [0.4, 0.5) is 5.69 Å². The molecule has 1 aromatic heterocycles. The van der Waals surface area contributed by atoms with E-state index in [-0.39, 0.29) is 5.56 Å². The minimum absolute atomic E-state index is 0.288. The van der Waals surface area contributed by atoms with Crippen molar-refractivity contribution in [1.29, 1.82) is 0 Å². The number of pyridine rings is 1. The second kappa shape index (κ2) is 7.70. The van der Waals surface area contributed by atoms with Gasteiger partial charge in [0.15, 0.2) is 0 Å². The minimum atomic E-state index is -0.917. The molecule has 0 saturated heterocycles. The molecule has 0 spiro atoms. The summed E-state index contributed by atoms with van der Waals surface area (Å²) in [6.07, 6.45) is 3.83. The molecular weight excluding hydrogens is 328 g/mol. The number of aromatic nitrogens is 1. The Morgan fingerprint density at radius 2 is 1.96 bits per heavy atom. The van der Waals surface area contributed by atoms with E-state index in [4.69, 9.17) is 9.84 Å². The highest BCUT2D eigenvalue weighted by molar-refractivity contribution is 5.87. The van der Waals surface area contributed by atoms with Gasteiger partial charge in [-0.2, -0.15) is 0 Å². The van der Waals surface area contributed by atoms with Crippen LogP contribution in [0.2, 0.25) is 0 Å². The van der Waals surface area contributed by atoms with E-state index >= 15 is 0 Å². The number of carboxylic acid groups (broad SMARTS) is 1. The molecule has 0 aliphatic carbocycles. The van der Waals surface area contributed by atoms with Gasteiger partial charge in [-0.15, -0.1) is 0 Å². The van der Waals surface area contributed by atoms with Gasteiger partial charge in [0.1, 0.15) is 5.75 Å². The average molecular weight is 348 g/mol. The molecule has 0 amide bonds. The lowest BCUT2D eigenvalue weighted by Gasteiger charge is -2.09. The minimum Gasteiger partial charge on any atom is -0.497 e. The summed E-state index contributed by atoms with van der Waals surface area (Å²) in [5.41, 5.74) is 4.23. The molecule has 0 fully saturated rings. The standard InChI is InChI=1S/C21H20N2O3/c1-14(9-15-3-5-16(6-4-15)21(24)25)12-22-18-10-17-11-19(26-2)7-8-20(17)23-13-18/h3-11,13,22H,12H2,1-2H3,(H,24,25)/b14-9+. The molecule has 0 radical (unpaired) electrons. The summed E-state index contributed by atoms with van der Waals surface area (Å²) in [5.74, 6) is -0.114. The quantitative estimate of drug-likeness (QED) is 0.688. The molecule has 2 aromatic carbocycles. The lowest BCUT2D eigenvalue weighted by Crippen LogP contribution is -2.03. The zero-order valence-electron chi connectivity index (χ0n) is 14.7. The van der Waals surface area contributed by atoms with Crippen LogP contribution in [-0.4, -0.2) is 29.7 Å². The summed E-state index contributed by atoms with van der Waals surface area (Å²) < 4.78 is 5.26. The summed E-state index contributed by atoms with van der Waals surface area (Å²) >= 11 is 0. The summed E-state index contributed by atoms with van der Waals surface area (Å²) in [6, 6.07) is 14.6. The summed E-state index contributed by atoms with van der Waals surface area (Å²) in [6.45, 7) is 2.69. The number of benzene rings is 2. The van der Waals surface area contributed by atoms with Gasteiger partial charge < -0.3 is 15.2 Å². The predicted octanol–water partition coefficient (Wildman–Crippen LogP) is 4.46. The lowest BCUT2D eigenvalue weighted by molar-refractivity contribution is 0.0697. The number of carbonyl (C=O) groups is 1. The van der Waals surface area contributed by atoms with Gasteiger partial charge in [0.2, 0.25) is 0 Å². The Bertz CT molecular complexity index is 963. The van der Waals surface area contributed by atoms with Crippen LogP contribution in [0.3, 0.4) is 0 Å². The fraction of sp³-hybridized carbons (Fsp3) is 0.143. The smallest absolute Gasteiger partial charge is 0.335 e. The summed E-state index contributed by atoms with van der Waals surface area (Å²) in [7, 11) is 1.65. The van der Waals surface area contributed by atoms with E-state index < -0.39 is 5.97 Å². The van der Waals surface area contributed by atoms with E-state index in [0.29, 0.717) is 6.54 Å². The Labute approximate surface area is 152 Å². The number of anilines is 1.